The molecular formula is C16H22ClNS. The molecule has 104 valence electrons. The van der Waals surface area contributed by atoms with Gasteiger partial charge >= 0.3 is 0 Å². The molecule has 1 heterocycles. The number of thiophene rings is 1. The van der Waals surface area contributed by atoms with Gasteiger partial charge in [0.05, 0.1) is 5.54 Å². The Morgan fingerprint density at radius 3 is 2.37 bits per heavy atom. The lowest BCUT2D eigenvalue weighted by Crippen LogP contribution is -2.41. The van der Waals surface area contributed by atoms with Crippen molar-refractivity contribution in [1.29, 1.82) is 0 Å². The average Bonchev–Trinajstić information content (AvgIpc) is 2.78. The minimum atomic E-state index is 0. The number of hydrogen-bond donors (Lipinski definition) is 1. The summed E-state index contributed by atoms with van der Waals surface area (Å²) < 4.78 is 0. The Morgan fingerprint density at radius 2 is 1.84 bits per heavy atom. The van der Waals surface area contributed by atoms with Crippen LogP contribution >= 0.6 is 23.7 Å². The molecule has 1 N–H and O–H groups in total. The molecule has 1 unspecified atom stereocenters. The van der Waals surface area contributed by atoms with Crippen molar-refractivity contribution in [3.05, 3.63) is 57.8 Å². The standard InChI is InChI=1S/C16H21NS.ClH/c1-4-17-16(3,15-13(2)10-11-18-15)12-14-8-6-5-7-9-14;/h5-11,17H,4,12H2,1-3H3;1H. The van der Waals surface area contributed by atoms with E-state index in [4.69, 9.17) is 0 Å². The largest absolute Gasteiger partial charge is 0.307 e. The van der Waals surface area contributed by atoms with Crippen LogP contribution in [0.3, 0.4) is 0 Å². The number of nitrogens with one attached hydrogen (secondary N) is 1. The van der Waals surface area contributed by atoms with E-state index in [2.05, 4.69) is 67.9 Å². The van der Waals surface area contributed by atoms with Gasteiger partial charge in [-0.25, -0.2) is 0 Å². The number of hydrogen-bond acceptors (Lipinski definition) is 2. The topological polar surface area (TPSA) is 12.0 Å². The minimum Gasteiger partial charge on any atom is -0.307 e. The summed E-state index contributed by atoms with van der Waals surface area (Å²) in [5.41, 5.74) is 2.81. The second kappa shape index (κ2) is 7.09. The lowest BCUT2D eigenvalue weighted by Gasteiger charge is -2.31. The number of rotatable bonds is 5. The molecule has 3 heteroatoms. The third-order valence-electron chi connectivity index (χ3n) is 3.33. The Hall–Kier alpha value is -0.830. The monoisotopic (exact) mass is 295 g/mol. The number of halogens is 1. The molecule has 1 nitrogen and oxygen atoms in total. The predicted octanol–water partition coefficient (Wildman–Crippen LogP) is 4.55. The van der Waals surface area contributed by atoms with Gasteiger partial charge in [-0.1, -0.05) is 37.3 Å². The fraction of sp³-hybridized carbons (Fsp3) is 0.375. The van der Waals surface area contributed by atoms with Crippen molar-refractivity contribution in [2.75, 3.05) is 6.54 Å². The van der Waals surface area contributed by atoms with E-state index in [1.165, 1.54) is 16.0 Å². The molecular weight excluding hydrogens is 274 g/mol. The smallest absolute Gasteiger partial charge is 0.0543 e. The highest BCUT2D eigenvalue weighted by atomic mass is 35.5. The van der Waals surface area contributed by atoms with E-state index in [0.29, 0.717) is 0 Å². The predicted molar refractivity (Wildman–Crippen MR) is 87.5 cm³/mol. The zero-order chi connectivity index (χ0) is 13.0. The highest BCUT2D eigenvalue weighted by molar-refractivity contribution is 7.10. The molecule has 1 aromatic carbocycles. The average molecular weight is 296 g/mol. The Kier molecular flexibility index (Phi) is 6.05. The van der Waals surface area contributed by atoms with E-state index in [-0.39, 0.29) is 17.9 Å². The lowest BCUT2D eigenvalue weighted by atomic mass is 9.89. The highest BCUT2D eigenvalue weighted by Crippen LogP contribution is 2.32. The van der Waals surface area contributed by atoms with Crippen molar-refractivity contribution in [3.8, 4) is 0 Å². The van der Waals surface area contributed by atoms with Crippen molar-refractivity contribution in [3.63, 3.8) is 0 Å². The molecule has 1 atom stereocenters. The first-order valence-electron chi connectivity index (χ1n) is 6.49. The van der Waals surface area contributed by atoms with Crippen LogP contribution in [0.2, 0.25) is 0 Å². The minimum absolute atomic E-state index is 0. The van der Waals surface area contributed by atoms with Crippen molar-refractivity contribution >= 4 is 23.7 Å². The first-order chi connectivity index (χ1) is 8.65. The summed E-state index contributed by atoms with van der Waals surface area (Å²) in [6, 6.07) is 12.9. The molecule has 0 aliphatic carbocycles. The van der Waals surface area contributed by atoms with E-state index in [0.717, 1.165) is 13.0 Å². The molecule has 0 amide bonds. The van der Waals surface area contributed by atoms with Crippen molar-refractivity contribution in [2.24, 2.45) is 0 Å². The summed E-state index contributed by atoms with van der Waals surface area (Å²) >= 11 is 1.85. The highest BCUT2D eigenvalue weighted by Gasteiger charge is 2.28. The maximum atomic E-state index is 3.66. The van der Waals surface area contributed by atoms with Gasteiger partial charge in [-0.2, -0.15) is 0 Å². The van der Waals surface area contributed by atoms with Crippen molar-refractivity contribution in [1.82, 2.24) is 5.32 Å². The van der Waals surface area contributed by atoms with Gasteiger partial charge in [0.25, 0.3) is 0 Å². The van der Waals surface area contributed by atoms with Crippen LogP contribution in [0.5, 0.6) is 0 Å². The molecule has 0 aliphatic rings. The summed E-state index contributed by atoms with van der Waals surface area (Å²) in [5, 5.41) is 5.85. The van der Waals surface area contributed by atoms with Gasteiger partial charge in [0.15, 0.2) is 0 Å². The first kappa shape index (κ1) is 16.2. The molecule has 0 bridgehead atoms. The molecule has 0 saturated carbocycles. The van der Waals surface area contributed by atoms with Crippen LogP contribution in [-0.2, 0) is 12.0 Å². The maximum Gasteiger partial charge on any atom is 0.0543 e. The molecule has 0 saturated heterocycles. The Balaban J connectivity index is 0.00000180. The zero-order valence-corrected chi connectivity index (χ0v) is 13.4. The fourth-order valence-electron chi connectivity index (χ4n) is 2.56. The van der Waals surface area contributed by atoms with Gasteiger partial charge in [-0.15, -0.1) is 23.7 Å². The number of aryl methyl sites for hydroxylation is 1. The normalized spacial score (nSPS) is 13.6. The molecule has 0 spiro atoms. The van der Waals surface area contributed by atoms with E-state index < -0.39 is 0 Å². The van der Waals surface area contributed by atoms with Crippen molar-refractivity contribution in [2.45, 2.75) is 32.7 Å². The molecule has 1 aromatic heterocycles. The van der Waals surface area contributed by atoms with Crippen LogP contribution in [0.25, 0.3) is 0 Å². The third kappa shape index (κ3) is 3.82. The first-order valence-corrected chi connectivity index (χ1v) is 7.37. The lowest BCUT2D eigenvalue weighted by molar-refractivity contribution is 0.379. The molecule has 0 fully saturated rings. The Morgan fingerprint density at radius 1 is 1.16 bits per heavy atom. The van der Waals surface area contributed by atoms with Gasteiger partial charge in [0, 0.05) is 4.88 Å². The Labute approximate surface area is 126 Å². The van der Waals surface area contributed by atoms with Crippen LogP contribution in [-0.4, -0.2) is 6.54 Å². The van der Waals surface area contributed by atoms with Crippen LogP contribution < -0.4 is 5.32 Å². The van der Waals surface area contributed by atoms with Gasteiger partial charge < -0.3 is 5.32 Å². The van der Waals surface area contributed by atoms with Gasteiger partial charge in [0.2, 0.25) is 0 Å². The third-order valence-corrected chi connectivity index (χ3v) is 4.61. The van der Waals surface area contributed by atoms with E-state index >= 15 is 0 Å². The number of benzene rings is 1. The number of likely N-dealkylation sites (N-methyl/N-ethyl adjacent to an activating group) is 1. The summed E-state index contributed by atoms with van der Waals surface area (Å²) in [7, 11) is 0. The van der Waals surface area contributed by atoms with Crippen LogP contribution in [0.15, 0.2) is 41.8 Å². The summed E-state index contributed by atoms with van der Waals surface area (Å²) in [4.78, 5) is 1.45. The molecule has 19 heavy (non-hydrogen) atoms. The fourth-order valence-corrected chi connectivity index (χ4v) is 3.62. The van der Waals surface area contributed by atoms with Gasteiger partial charge in [-0.3, -0.25) is 0 Å². The molecule has 0 radical (unpaired) electrons. The molecule has 2 rings (SSSR count). The quantitative estimate of drug-likeness (QED) is 0.853. The summed E-state index contributed by atoms with van der Waals surface area (Å²) in [5.74, 6) is 0. The van der Waals surface area contributed by atoms with Crippen LogP contribution in [0, 0.1) is 6.92 Å². The van der Waals surface area contributed by atoms with E-state index in [9.17, 15) is 0 Å². The van der Waals surface area contributed by atoms with E-state index in [1.54, 1.807) is 0 Å². The summed E-state index contributed by atoms with van der Waals surface area (Å²) in [6.07, 6.45) is 1.03. The molecule has 0 aliphatic heterocycles. The SMILES string of the molecule is CCNC(C)(Cc1ccccc1)c1sccc1C.Cl. The van der Waals surface area contributed by atoms with E-state index in [1.807, 2.05) is 11.3 Å². The zero-order valence-electron chi connectivity index (χ0n) is 11.8. The molecule has 2 aromatic rings. The summed E-state index contributed by atoms with van der Waals surface area (Å²) in [6.45, 7) is 7.67. The van der Waals surface area contributed by atoms with Crippen LogP contribution in [0.1, 0.15) is 29.9 Å². The van der Waals surface area contributed by atoms with Crippen LogP contribution in [0.4, 0.5) is 0 Å². The maximum absolute atomic E-state index is 3.66. The van der Waals surface area contributed by atoms with Crippen molar-refractivity contribution < 1.29 is 0 Å². The Bertz CT molecular complexity index is 494. The van der Waals surface area contributed by atoms with Gasteiger partial charge in [0.1, 0.15) is 0 Å². The second-order valence-corrected chi connectivity index (χ2v) is 5.87. The van der Waals surface area contributed by atoms with Gasteiger partial charge in [-0.05, 0) is 49.4 Å². The second-order valence-electron chi connectivity index (χ2n) is 4.96.